The lowest BCUT2D eigenvalue weighted by molar-refractivity contribution is 0.0598. The van der Waals surface area contributed by atoms with E-state index in [1.807, 2.05) is 24.3 Å². The summed E-state index contributed by atoms with van der Waals surface area (Å²) in [5.41, 5.74) is 5.13. The van der Waals surface area contributed by atoms with Crippen LogP contribution in [0, 0.1) is 12.8 Å². The van der Waals surface area contributed by atoms with Gasteiger partial charge in [0, 0.05) is 16.6 Å². The van der Waals surface area contributed by atoms with Crippen molar-refractivity contribution in [3.8, 4) is 0 Å². The molecular weight excluding hydrogens is 334 g/mol. The lowest BCUT2D eigenvalue weighted by atomic mass is 9.75. The van der Waals surface area contributed by atoms with E-state index >= 15 is 0 Å². The molecule has 0 unspecified atom stereocenters. The smallest absolute Gasteiger partial charge is 0.338 e. The highest BCUT2D eigenvalue weighted by Gasteiger charge is 2.40. The predicted octanol–water partition coefficient (Wildman–Crippen LogP) is 5.26. The SMILES string of the molecule is COC(=O)c1ccc(C)c2c1[C@H]1C=CC[C@H]1[C@H](c1ccc(Cl)cc1)N2. The van der Waals surface area contributed by atoms with Crippen LogP contribution in [0.1, 0.15) is 45.4 Å². The van der Waals surface area contributed by atoms with E-state index in [0.717, 1.165) is 28.3 Å². The number of hydrogen-bond acceptors (Lipinski definition) is 3. The number of carbonyl (C=O) groups is 1. The molecule has 2 aromatic carbocycles. The number of methoxy groups -OCH3 is 1. The molecule has 3 nitrogen and oxygen atoms in total. The van der Waals surface area contributed by atoms with Crippen molar-refractivity contribution in [3.05, 3.63) is 75.8 Å². The molecule has 0 saturated carbocycles. The Kier molecular flexibility index (Phi) is 4.04. The number of nitrogens with one attached hydrogen (secondary N) is 1. The number of aryl methyl sites for hydroxylation is 1. The first-order chi connectivity index (χ1) is 12.1. The van der Waals surface area contributed by atoms with E-state index in [1.54, 1.807) is 0 Å². The highest BCUT2D eigenvalue weighted by Crippen LogP contribution is 2.51. The maximum absolute atomic E-state index is 12.3. The van der Waals surface area contributed by atoms with Crippen LogP contribution in [-0.4, -0.2) is 13.1 Å². The molecule has 2 aromatic rings. The second kappa shape index (κ2) is 6.23. The monoisotopic (exact) mass is 353 g/mol. The van der Waals surface area contributed by atoms with E-state index in [-0.39, 0.29) is 17.9 Å². The van der Waals surface area contributed by atoms with Gasteiger partial charge >= 0.3 is 5.97 Å². The molecule has 0 radical (unpaired) electrons. The van der Waals surface area contributed by atoms with Gasteiger partial charge in [-0.3, -0.25) is 0 Å². The van der Waals surface area contributed by atoms with E-state index < -0.39 is 0 Å². The van der Waals surface area contributed by atoms with Crippen LogP contribution in [0.5, 0.6) is 0 Å². The molecule has 25 heavy (non-hydrogen) atoms. The first-order valence-corrected chi connectivity index (χ1v) is 8.88. The van der Waals surface area contributed by atoms with Gasteiger partial charge in [-0.15, -0.1) is 0 Å². The minimum Gasteiger partial charge on any atom is -0.465 e. The molecule has 0 amide bonds. The number of hydrogen-bond donors (Lipinski definition) is 1. The second-order valence-electron chi connectivity index (χ2n) is 6.74. The van der Waals surface area contributed by atoms with Crippen molar-refractivity contribution in [1.29, 1.82) is 0 Å². The minimum absolute atomic E-state index is 0.191. The summed E-state index contributed by atoms with van der Waals surface area (Å²) in [7, 11) is 1.43. The van der Waals surface area contributed by atoms with Crippen LogP contribution in [0.3, 0.4) is 0 Å². The Bertz CT molecular complexity index is 857. The summed E-state index contributed by atoms with van der Waals surface area (Å²) in [5, 5.41) is 4.44. The number of halogens is 1. The molecule has 0 aromatic heterocycles. The van der Waals surface area contributed by atoms with Crippen molar-refractivity contribution in [2.45, 2.75) is 25.3 Å². The number of benzene rings is 2. The molecule has 1 aliphatic carbocycles. The van der Waals surface area contributed by atoms with Gasteiger partial charge in [-0.05, 0) is 54.2 Å². The van der Waals surface area contributed by atoms with Crippen molar-refractivity contribution < 1.29 is 9.53 Å². The van der Waals surface area contributed by atoms with Crippen LogP contribution in [0.15, 0.2) is 48.6 Å². The third-order valence-corrected chi connectivity index (χ3v) is 5.61. The predicted molar refractivity (Wildman–Crippen MR) is 100 cm³/mol. The van der Waals surface area contributed by atoms with Crippen molar-refractivity contribution in [3.63, 3.8) is 0 Å². The van der Waals surface area contributed by atoms with Crippen molar-refractivity contribution in [1.82, 2.24) is 0 Å². The molecule has 4 heteroatoms. The Balaban J connectivity index is 1.85. The zero-order valence-corrected chi connectivity index (χ0v) is 15.0. The molecule has 1 aliphatic heterocycles. The molecule has 3 atom stereocenters. The summed E-state index contributed by atoms with van der Waals surface area (Å²) < 4.78 is 5.01. The van der Waals surface area contributed by atoms with Crippen LogP contribution in [0.4, 0.5) is 5.69 Å². The fraction of sp³-hybridized carbons (Fsp3) is 0.286. The molecule has 4 rings (SSSR count). The fourth-order valence-electron chi connectivity index (χ4n) is 4.14. The zero-order valence-electron chi connectivity index (χ0n) is 14.3. The Morgan fingerprint density at radius 3 is 2.68 bits per heavy atom. The normalized spacial score (nSPS) is 23.6. The zero-order chi connectivity index (χ0) is 17.6. The molecule has 128 valence electrons. The number of allylic oxidation sites excluding steroid dienone is 2. The van der Waals surface area contributed by atoms with Gasteiger partial charge in [0.25, 0.3) is 0 Å². The van der Waals surface area contributed by atoms with E-state index in [4.69, 9.17) is 16.3 Å². The van der Waals surface area contributed by atoms with Crippen molar-refractivity contribution in [2.75, 3.05) is 12.4 Å². The number of fused-ring (bicyclic) bond motifs is 3. The maximum atomic E-state index is 12.3. The highest BCUT2D eigenvalue weighted by molar-refractivity contribution is 6.30. The van der Waals surface area contributed by atoms with Crippen LogP contribution >= 0.6 is 11.6 Å². The first-order valence-electron chi connectivity index (χ1n) is 8.50. The average Bonchev–Trinajstić information content (AvgIpc) is 3.11. The minimum atomic E-state index is -0.276. The van der Waals surface area contributed by atoms with Gasteiger partial charge < -0.3 is 10.1 Å². The Labute approximate surface area is 152 Å². The summed E-state index contributed by atoms with van der Waals surface area (Å²) in [4.78, 5) is 12.3. The maximum Gasteiger partial charge on any atom is 0.338 e. The quantitative estimate of drug-likeness (QED) is 0.591. The summed E-state index contributed by atoms with van der Waals surface area (Å²) >= 11 is 6.06. The van der Waals surface area contributed by atoms with Crippen molar-refractivity contribution >= 4 is 23.3 Å². The Hall–Kier alpha value is -2.26. The lowest BCUT2D eigenvalue weighted by Crippen LogP contribution is -2.31. The molecule has 0 spiro atoms. The van der Waals surface area contributed by atoms with Gasteiger partial charge in [-0.1, -0.05) is 42.0 Å². The largest absolute Gasteiger partial charge is 0.465 e. The third-order valence-electron chi connectivity index (χ3n) is 5.36. The third kappa shape index (κ3) is 2.63. The first kappa shape index (κ1) is 16.2. The van der Waals surface area contributed by atoms with Gasteiger partial charge in [0.1, 0.15) is 0 Å². The molecule has 0 fully saturated rings. The fourth-order valence-corrected chi connectivity index (χ4v) is 4.27. The summed E-state index contributed by atoms with van der Waals surface area (Å²) in [6.07, 6.45) is 5.44. The molecule has 1 N–H and O–H groups in total. The van der Waals surface area contributed by atoms with Crippen LogP contribution in [0.25, 0.3) is 0 Å². The Morgan fingerprint density at radius 1 is 1.20 bits per heavy atom. The van der Waals surface area contributed by atoms with Gasteiger partial charge in [-0.2, -0.15) is 0 Å². The Morgan fingerprint density at radius 2 is 1.96 bits per heavy atom. The van der Waals surface area contributed by atoms with Gasteiger partial charge in [-0.25, -0.2) is 4.79 Å². The van der Waals surface area contributed by atoms with Crippen LogP contribution in [0.2, 0.25) is 5.02 Å². The number of rotatable bonds is 2. The summed E-state index contributed by atoms with van der Waals surface area (Å²) in [6.45, 7) is 2.07. The molecule has 1 heterocycles. The number of ether oxygens (including phenoxy) is 1. The highest BCUT2D eigenvalue weighted by atomic mass is 35.5. The molecule has 2 aliphatic rings. The van der Waals surface area contributed by atoms with Crippen LogP contribution in [-0.2, 0) is 4.74 Å². The van der Waals surface area contributed by atoms with Crippen molar-refractivity contribution in [2.24, 2.45) is 5.92 Å². The number of esters is 1. The van der Waals surface area contributed by atoms with E-state index in [1.165, 1.54) is 12.7 Å². The standard InChI is InChI=1S/C21H20ClNO2/c1-12-6-11-17(21(24)25-2)18-15-4-3-5-16(15)20(23-19(12)18)13-7-9-14(22)10-8-13/h3-4,6-11,15-16,20,23H,5H2,1-2H3/t15-,16+,20-/m0/s1. The van der Waals surface area contributed by atoms with Gasteiger partial charge in [0.05, 0.1) is 18.7 Å². The van der Waals surface area contributed by atoms with E-state index in [0.29, 0.717) is 11.5 Å². The summed E-state index contributed by atoms with van der Waals surface area (Å²) in [6, 6.07) is 12.1. The average molecular weight is 354 g/mol. The topological polar surface area (TPSA) is 38.3 Å². The van der Waals surface area contributed by atoms with E-state index in [9.17, 15) is 4.79 Å². The summed E-state index contributed by atoms with van der Waals surface area (Å²) in [5.74, 6) is 0.312. The van der Waals surface area contributed by atoms with Crippen LogP contribution < -0.4 is 5.32 Å². The van der Waals surface area contributed by atoms with E-state index in [2.05, 4.69) is 36.5 Å². The number of carbonyl (C=O) groups excluding carboxylic acids is 1. The molecule has 0 bridgehead atoms. The van der Waals surface area contributed by atoms with Gasteiger partial charge in [0.2, 0.25) is 0 Å². The second-order valence-corrected chi connectivity index (χ2v) is 7.17. The lowest BCUT2D eigenvalue weighted by Gasteiger charge is -2.39. The molecular formula is C21H20ClNO2. The number of anilines is 1. The van der Waals surface area contributed by atoms with Gasteiger partial charge in [0.15, 0.2) is 0 Å². The molecule has 0 saturated heterocycles.